The van der Waals surface area contributed by atoms with Crippen LogP contribution >= 0.6 is 12.4 Å². The Kier molecular flexibility index (Phi) is 9.61. The summed E-state index contributed by atoms with van der Waals surface area (Å²) >= 11 is 0. The third kappa shape index (κ3) is 6.28. The van der Waals surface area contributed by atoms with E-state index in [0.717, 1.165) is 58.2 Å². The van der Waals surface area contributed by atoms with Crippen LogP contribution in [0.5, 0.6) is 0 Å². The van der Waals surface area contributed by atoms with Crippen molar-refractivity contribution in [1.82, 2.24) is 25.2 Å². The summed E-state index contributed by atoms with van der Waals surface area (Å²) < 4.78 is 1.89. The first-order valence-corrected chi connectivity index (χ1v) is 10.7. The molecule has 0 radical (unpaired) electrons. The number of piperidine rings is 1. The van der Waals surface area contributed by atoms with Crippen LogP contribution in [0.2, 0.25) is 0 Å². The van der Waals surface area contributed by atoms with E-state index in [9.17, 15) is 4.79 Å². The van der Waals surface area contributed by atoms with Gasteiger partial charge in [0.2, 0.25) is 0 Å². The Labute approximate surface area is 180 Å². The standard InChI is InChI=1S/C22H33N5O.ClH/c1-3-8-20(16-18-9-6-5-7-10-18)26(15-4-2)22(28)21-17-27(25-24-21)19-11-13-23-14-12-19;/h5-7,9-10,17,19-20,23H,3-4,8,11-16H2,1-2H3;1H. The van der Waals surface area contributed by atoms with Crippen molar-refractivity contribution in [1.29, 1.82) is 0 Å². The van der Waals surface area contributed by atoms with Crippen molar-refractivity contribution in [2.45, 2.75) is 64.5 Å². The molecule has 1 aliphatic rings. The number of halogens is 1. The number of carbonyl (C=O) groups is 1. The van der Waals surface area contributed by atoms with Crippen LogP contribution in [0.25, 0.3) is 0 Å². The highest BCUT2D eigenvalue weighted by Gasteiger charge is 2.27. The fourth-order valence-electron chi connectivity index (χ4n) is 4.05. The highest BCUT2D eigenvalue weighted by Crippen LogP contribution is 2.20. The first-order chi connectivity index (χ1) is 13.7. The van der Waals surface area contributed by atoms with Crippen LogP contribution in [0, 0.1) is 0 Å². The summed E-state index contributed by atoms with van der Waals surface area (Å²) in [4.78, 5) is 15.4. The second-order valence-corrected chi connectivity index (χ2v) is 7.70. The first-order valence-electron chi connectivity index (χ1n) is 10.7. The summed E-state index contributed by atoms with van der Waals surface area (Å²) in [6, 6.07) is 11.0. The van der Waals surface area contributed by atoms with E-state index < -0.39 is 0 Å². The van der Waals surface area contributed by atoms with E-state index in [1.54, 1.807) is 0 Å². The Hall–Kier alpha value is -1.92. The summed E-state index contributed by atoms with van der Waals surface area (Å²) in [5, 5.41) is 11.9. The molecule has 2 heterocycles. The second-order valence-electron chi connectivity index (χ2n) is 7.70. The molecule has 1 aromatic heterocycles. The summed E-state index contributed by atoms with van der Waals surface area (Å²) in [5.41, 5.74) is 1.74. The van der Waals surface area contributed by atoms with Crippen molar-refractivity contribution in [2.75, 3.05) is 19.6 Å². The number of amides is 1. The molecule has 1 aromatic carbocycles. The first kappa shape index (κ1) is 23.4. The van der Waals surface area contributed by atoms with E-state index in [2.05, 4.69) is 53.7 Å². The van der Waals surface area contributed by atoms with Crippen LogP contribution in [0.3, 0.4) is 0 Å². The molecular formula is C22H34ClN5O. The third-order valence-corrected chi connectivity index (χ3v) is 5.51. The van der Waals surface area contributed by atoms with Gasteiger partial charge in [-0.25, -0.2) is 4.68 Å². The van der Waals surface area contributed by atoms with Gasteiger partial charge in [-0.1, -0.05) is 55.8 Å². The SMILES string of the molecule is CCCC(Cc1ccccc1)N(CCC)C(=O)c1cn(C2CCNCC2)nn1.Cl. The Morgan fingerprint density at radius 3 is 2.59 bits per heavy atom. The normalized spacial score (nSPS) is 15.5. The second kappa shape index (κ2) is 11.9. The van der Waals surface area contributed by atoms with Crippen molar-refractivity contribution >= 4 is 18.3 Å². The molecule has 1 aliphatic heterocycles. The van der Waals surface area contributed by atoms with E-state index in [-0.39, 0.29) is 24.4 Å². The molecule has 0 spiro atoms. The molecule has 0 saturated carbocycles. The van der Waals surface area contributed by atoms with Crippen LogP contribution < -0.4 is 5.32 Å². The minimum atomic E-state index is 0. The zero-order valence-electron chi connectivity index (χ0n) is 17.6. The number of hydrogen-bond donors (Lipinski definition) is 1. The molecule has 7 heteroatoms. The van der Waals surface area contributed by atoms with Crippen molar-refractivity contribution in [3.05, 3.63) is 47.8 Å². The number of nitrogens with zero attached hydrogens (tertiary/aromatic N) is 4. The van der Waals surface area contributed by atoms with Crippen LogP contribution in [0.15, 0.2) is 36.5 Å². The van der Waals surface area contributed by atoms with Gasteiger partial charge in [0.05, 0.1) is 12.2 Å². The van der Waals surface area contributed by atoms with E-state index in [1.807, 2.05) is 21.8 Å². The minimum absolute atomic E-state index is 0. The molecule has 1 saturated heterocycles. The minimum Gasteiger partial charge on any atom is -0.334 e. The molecule has 1 N–H and O–H groups in total. The highest BCUT2D eigenvalue weighted by molar-refractivity contribution is 5.92. The number of aromatic nitrogens is 3. The van der Waals surface area contributed by atoms with E-state index in [1.165, 1.54) is 5.56 Å². The molecule has 1 amide bonds. The summed E-state index contributed by atoms with van der Waals surface area (Å²) in [6.07, 6.45) is 7.76. The van der Waals surface area contributed by atoms with Gasteiger partial charge in [-0.15, -0.1) is 17.5 Å². The number of benzene rings is 1. The Balaban J connectivity index is 0.00000300. The number of nitrogens with one attached hydrogen (secondary N) is 1. The summed E-state index contributed by atoms with van der Waals surface area (Å²) in [6.45, 7) is 7.03. The van der Waals surface area contributed by atoms with E-state index in [0.29, 0.717) is 11.7 Å². The molecule has 6 nitrogen and oxygen atoms in total. The van der Waals surface area contributed by atoms with Gasteiger partial charge in [0.25, 0.3) is 5.91 Å². The van der Waals surface area contributed by atoms with Gasteiger partial charge >= 0.3 is 0 Å². The van der Waals surface area contributed by atoms with Crippen LogP contribution in [0.4, 0.5) is 0 Å². The highest BCUT2D eigenvalue weighted by atomic mass is 35.5. The fraction of sp³-hybridized carbons (Fsp3) is 0.591. The molecular weight excluding hydrogens is 386 g/mol. The molecule has 0 aliphatic carbocycles. The molecule has 2 aromatic rings. The fourth-order valence-corrected chi connectivity index (χ4v) is 4.05. The van der Waals surface area contributed by atoms with E-state index in [4.69, 9.17) is 0 Å². The van der Waals surface area contributed by atoms with Gasteiger partial charge in [0, 0.05) is 12.6 Å². The summed E-state index contributed by atoms with van der Waals surface area (Å²) in [5.74, 6) is 0.0106. The van der Waals surface area contributed by atoms with Gasteiger partial charge in [-0.3, -0.25) is 4.79 Å². The smallest absolute Gasteiger partial charge is 0.276 e. The van der Waals surface area contributed by atoms with Gasteiger partial charge in [-0.05, 0) is 50.8 Å². The average molecular weight is 420 g/mol. The van der Waals surface area contributed by atoms with Gasteiger partial charge in [0.15, 0.2) is 5.69 Å². The third-order valence-electron chi connectivity index (χ3n) is 5.51. The predicted molar refractivity (Wildman–Crippen MR) is 119 cm³/mol. The number of rotatable bonds is 9. The molecule has 1 unspecified atom stereocenters. The molecule has 160 valence electrons. The Morgan fingerprint density at radius 1 is 1.21 bits per heavy atom. The van der Waals surface area contributed by atoms with Crippen molar-refractivity contribution in [3.8, 4) is 0 Å². The molecule has 3 rings (SSSR count). The maximum Gasteiger partial charge on any atom is 0.276 e. The van der Waals surface area contributed by atoms with Crippen LogP contribution in [0.1, 0.15) is 68.0 Å². The Bertz CT molecular complexity index is 730. The monoisotopic (exact) mass is 419 g/mol. The lowest BCUT2D eigenvalue weighted by Crippen LogP contribution is -2.42. The van der Waals surface area contributed by atoms with Crippen molar-refractivity contribution < 1.29 is 4.79 Å². The zero-order chi connectivity index (χ0) is 19.8. The maximum atomic E-state index is 13.3. The average Bonchev–Trinajstić information content (AvgIpc) is 3.23. The van der Waals surface area contributed by atoms with Gasteiger partial charge in [0.1, 0.15) is 0 Å². The van der Waals surface area contributed by atoms with Crippen LogP contribution in [-0.2, 0) is 6.42 Å². The van der Waals surface area contributed by atoms with E-state index >= 15 is 0 Å². The van der Waals surface area contributed by atoms with Crippen LogP contribution in [-0.4, -0.2) is 51.5 Å². The lowest BCUT2D eigenvalue weighted by atomic mass is 10.00. The topological polar surface area (TPSA) is 63.1 Å². The van der Waals surface area contributed by atoms with Gasteiger partial charge in [-0.2, -0.15) is 0 Å². The molecule has 29 heavy (non-hydrogen) atoms. The summed E-state index contributed by atoms with van der Waals surface area (Å²) in [7, 11) is 0. The predicted octanol–water partition coefficient (Wildman–Crippen LogP) is 3.89. The Morgan fingerprint density at radius 2 is 1.93 bits per heavy atom. The molecule has 1 fully saturated rings. The molecule has 1 atom stereocenters. The lowest BCUT2D eigenvalue weighted by molar-refractivity contribution is 0.0660. The molecule has 0 bridgehead atoms. The maximum absolute atomic E-state index is 13.3. The lowest BCUT2D eigenvalue weighted by Gasteiger charge is -2.31. The largest absolute Gasteiger partial charge is 0.334 e. The van der Waals surface area contributed by atoms with Crippen molar-refractivity contribution in [2.24, 2.45) is 0 Å². The quantitative estimate of drug-likeness (QED) is 0.669. The van der Waals surface area contributed by atoms with Gasteiger partial charge < -0.3 is 10.2 Å². The zero-order valence-corrected chi connectivity index (χ0v) is 18.4. The number of carbonyl (C=O) groups excluding carboxylic acids is 1. The number of hydrogen-bond acceptors (Lipinski definition) is 4. The van der Waals surface area contributed by atoms with Crippen molar-refractivity contribution in [3.63, 3.8) is 0 Å².